The van der Waals surface area contributed by atoms with E-state index in [1.807, 2.05) is 63.4 Å². The molecule has 0 heterocycles. The Balaban J connectivity index is 2.48. The van der Waals surface area contributed by atoms with Gasteiger partial charge in [-0.3, -0.25) is 9.59 Å². The quantitative estimate of drug-likeness (QED) is 0.373. The third-order valence-corrected chi connectivity index (χ3v) is 6.70. The molecular weight excluding hydrogens is 510 g/mol. The maximum atomic E-state index is 13.9. The number of halogens is 1. The van der Waals surface area contributed by atoms with Gasteiger partial charge in [0.25, 0.3) is 5.91 Å². The van der Waals surface area contributed by atoms with Crippen LogP contribution in [0.5, 0.6) is 0 Å². The molecule has 0 radical (unpaired) electrons. The molecule has 0 bridgehead atoms. The van der Waals surface area contributed by atoms with E-state index >= 15 is 0 Å². The Labute approximate surface area is 229 Å². The van der Waals surface area contributed by atoms with Crippen LogP contribution in [0.15, 0.2) is 42.5 Å². The second-order valence-electron chi connectivity index (χ2n) is 9.78. The molecule has 2 aromatic rings. The van der Waals surface area contributed by atoms with Crippen LogP contribution >= 0.6 is 23.4 Å². The van der Waals surface area contributed by atoms with E-state index in [9.17, 15) is 14.4 Å². The maximum absolute atomic E-state index is 13.9. The topological polar surface area (TPSA) is 87.7 Å². The van der Waals surface area contributed by atoms with E-state index in [4.69, 9.17) is 16.3 Å². The highest BCUT2D eigenvalue weighted by molar-refractivity contribution is 7.98. The number of aryl methyl sites for hydroxylation is 2. The van der Waals surface area contributed by atoms with Gasteiger partial charge in [-0.2, -0.15) is 11.8 Å². The molecule has 2 rings (SSSR count). The fourth-order valence-corrected chi connectivity index (χ4v) is 4.68. The van der Waals surface area contributed by atoms with Crippen molar-refractivity contribution >= 4 is 47.0 Å². The van der Waals surface area contributed by atoms with E-state index in [-0.39, 0.29) is 18.4 Å². The molecular formula is C28H38ClN3O4S. The van der Waals surface area contributed by atoms with Crippen molar-refractivity contribution in [2.24, 2.45) is 0 Å². The summed E-state index contributed by atoms with van der Waals surface area (Å²) in [4.78, 5) is 41.9. The van der Waals surface area contributed by atoms with Crippen molar-refractivity contribution in [3.8, 4) is 0 Å². The van der Waals surface area contributed by atoms with E-state index < -0.39 is 23.8 Å². The zero-order valence-corrected chi connectivity index (χ0v) is 24.3. The predicted octanol–water partition coefficient (Wildman–Crippen LogP) is 6.13. The summed E-state index contributed by atoms with van der Waals surface area (Å²) in [5.41, 5.74) is 2.16. The number of benzene rings is 2. The largest absolute Gasteiger partial charge is 0.444 e. The lowest BCUT2D eigenvalue weighted by atomic mass is 9.97. The van der Waals surface area contributed by atoms with Crippen molar-refractivity contribution in [3.05, 3.63) is 64.2 Å². The number of para-hydroxylation sites is 1. The average Bonchev–Trinajstić information content (AvgIpc) is 2.81. The molecule has 9 heteroatoms. The van der Waals surface area contributed by atoms with Crippen LogP contribution in [0.1, 0.15) is 56.8 Å². The molecule has 0 fully saturated rings. The van der Waals surface area contributed by atoms with Crippen molar-refractivity contribution in [1.82, 2.24) is 10.2 Å². The Morgan fingerprint density at radius 1 is 1.05 bits per heavy atom. The first-order valence-corrected chi connectivity index (χ1v) is 14.1. The molecule has 0 aliphatic rings. The summed E-state index contributed by atoms with van der Waals surface area (Å²) < 4.78 is 5.41. The van der Waals surface area contributed by atoms with Crippen LogP contribution in [0.25, 0.3) is 0 Å². The number of alkyl carbamates (subject to hydrolysis) is 1. The van der Waals surface area contributed by atoms with Gasteiger partial charge >= 0.3 is 6.09 Å². The zero-order chi connectivity index (χ0) is 27.8. The number of hydrogen-bond donors (Lipinski definition) is 2. The summed E-state index contributed by atoms with van der Waals surface area (Å²) in [6.45, 7) is 11.1. The fraction of sp³-hybridized carbons (Fsp3) is 0.464. The average molecular weight is 548 g/mol. The minimum Gasteiger partial charge on any atom is -0.444 e. The van der Waals surface area contributed by atoms with Crippen LogP contribution in [0.4, 0.5) is 10.5 Å². The first kappa shape index (κ1) is 30.5. The highest BCUT2D eigenvalue weighted by Gasteiger charge is 2.36. The third kappa shape index (κ3) is 8.68. The molecule has 3 amide bonds. The van der Waals surface area contributed by atoms with Crippen molar-refractivity contribution in [1.29, 1.82) is 0 Å². The SMILES string of the molecule is CCN(C(=O)C(CCSC)NC(=O)OC(C)(C)C)C(C(=O)Nc1c(C)cccc1Cl)c1ccccc1C. The van der Waals surface area contributed by atoms with E-state index in [1.165, 1.54) is 4.90 Å². The number of likely N-dealkylation sites (N-methyl/N-ethyl adjacent to an activating group) is 1. The number of ether oxygens (including phenoxy) is 1. The Kier molecular flexibility index (Phi) is 11.3. The molecule has 2 atom stereocenters. The van der Waals surface area contributed by atoms with Gasteiger partial charge in [-0.05, 0) is 82.7 Å². The molecule has 0 aliphatic carbocycles. The number of amides is 3. The summed E-state index contributed by atoms with van der Waals surface area (Å²) in [5.74, 6) is -0.104. The van der Waals surface area contributed by atoms with Gasteiger partial charge in [0.2, 0.25) is 5.91 Å². The smallest absolute Gasteiger partial charge is 0.408 e. The molecule has 0 spiro atoms. The van der Waals surface area contributed by atoms with Gasteiger partial charge in [-0.15, -0.1) is 0 Å². The Hall–Kier alpha value is -2.71. The third-order valence-electron chi connectivity index (χ3n) is 5.74. The second kappa shape index (κ2) is 13.7. The van der Waals surface area contributed by atoms with Gasteiger partial charge in [0.15, 0.2) is 0 Å². The van der Waals surface area contributed by atoms with E-state index in [0.717, 1.165) is 11.1 Å². The molecule has 2 N–H and O–H groups in total. The molecule has 37 heavy (non-hydrogen) atoms. The Morgan fingerprint density at radius 2 is 1.70 bits per heavy atom. The first-order valence-electron chi connectivity index (χ1n) is 12.3. The minimum atomic E-state index is -0.938. The van der Waals surface area contributed by atoms with Gasteiger partial charge in [0.05, 0.1) is 10.7 Å². The number of nitrogens with zero attached hydrogens (tertiary/aromatic N) is 1. The van der Waals surface area contributed by atoms with Crippen molar-refractivity contribution in [3.63, 3.8) is 0 Å². The molecule has 2 unspecified atom stereocenters. The van der Waals surface area contributed by atoms with Gasteiger partial charge in [-0.1, -0.05) is 48.0 Å². The summed E-state index contributed by atoms with van der Waals surface area (Å²) in [5, 5.41) is 6.09. The number of carbonyl (C=O) groups excluding carboxylic acids is 3. The van der Waals surface area contributed by atoms with E-state index in [2.05, 4.69) is 10.6 Å². The van der Waals surface area contributed by atoms with Crippen molar-refractivity contribution < 1.29 is 19.1 Å². The van der Waals surface area contributed by atoms with Gasteiger partial charge in [0, 0.05) is 6.54 Å². The van der Waals surface area contributed by atoms with E-state index in [0.29, 0.717) is 28.4 Å². The van der Waals surface area contributed by atoms with Crippen molar-refractivity contribution in [2.45, 2.75) is 65.6 Å². The van der Waals surface area contributed by atoms with Gasteiger partial charge in [-0.25, -0.2) is 4.79 Å². The number of rotatable bonds is 10. The molecule has 0 saturated carbocycles. The molecule has 7 nitrogen and oxygen atoms in total. The fourth-order valence-electron chi connectivity index (χ4n) is 3.93. The molecule has 0 aromatic heterocycles. The molecule has 0 saturated heterocycles. The number of carbonyl (C=O) groups is 3. The molecule has 0 aliphatic heterocycles. The number of nitrogens with one attached hydrogen (secondary N) is 2. The number of hydrogen-bond acceptors (Lipinski definition) is 5. The molecule has 202 valence electrons. The van der Waals surface area contributed by atoms with Gasteiger partial charge < -0.3 is 20.3 Å². The first-order chi connectivity index (χ1) is 17.4. The summed E-state index contributed by atoms with van der Waals surface area (Å²) in [6.07, 6.45) is 1.65. The van der Waals surface area contributed by atoms with Crippen LogP contribution < -0.4 is 10.6 Å². The summed E-state index contributed by atoms with van der Waals surface area (Å²) >= 11 is 7.96. The maximum Gasteiger partial charge on any atom is 0.408 e. The lowest BCUT2D eigenvalue weighted by Crippen LogP contribution is -2.52. The normalized spacial score (nSPS) is 12.9. The van der Waals surface area contributed by atoms with Crippen LogP contribution in [0, 0.1) is 13.8 Å². The van der Waals surface area contributed by atoms with E-state index in [1.54, 1.807) is 38.6 Å². The summed E-state index contributed by atoms with van der Waals surface area (Å²) in [7, 11) is 0. The molecule has 2 aromatic carbocycles. The highest BCUT2D eigenvalue weighted by atomic mass is 35.5. The monoisotopic (exact) mass is 547 g/mol. The predicted molar refractivity (Wildman–Crippen MR) is 152 cm³/mol. The highest BCUT2D eigenvalue weighted by Crippen LogP contribution is 2.30. The Morgan fingerprint density at radius 3 is 2.27 bits per heavy atom. The van der Waals surface area contributed by atoms with Crippen molar-refractivity contribution in [2.75, 3.05) is 23.9 Å². The zero-order valence-electron chi connectivity index (χ0n) is 22.7. The van der Waals surface area contributed by atoms with Crippen LogP contribution in [0.2, 0.25) is 5.02 Å². The summed E-state index contributed by atoms with van der Waals surface area (Å²) in [6, 6.07) is 11.0. The Bertz CT molecular complexity index is 1080. The minimum absolute atomic E-state index is 0.249. The number of thioether (sulfide) groups is 1. The lowest BCUT2D eigenvalue weighted by Gasteiger charge is -2.34. The van der Waals surface area contributed by atoms with Crippen LogP contribution in [-0.4, -0.2) is 53.0 Å². The second-order valence-corrected chi connectivity index (χ2v) is 11.2. The van der Waals surface area contributed by atoms with Gasteiger partial charge in [0.1, 0.15) is 17.7 Å². The number of anilines is 1. The van der Waals surface area contributed by atoms with Crippen LogP contribution in [0.3, 0.4) is 0 Å². The standard InChI is InChI=1S/C28H38ClN3O4S/c1-8-32(26(34)22(16-17-37-7)30-27(35)36-28(4,5)6)24(20-14-10-9-12-18(20)2)25(33)31-23-19(3)13-11-15-21(23)29/h9-15,22,24H,8,16-17H2,1-7H3,(H,30,35)(H,31,33). The van der Waals surface area contributed by atoms with Crippen LogP contribution in [-0.2, 0) is 14.3 Å². The lowest BCUT2D eigenvalue weighted by molar-refractivity contribution is -0.140.